The fourth-order valence-corrected chi connectivity index (χ4v) is 3.27. The molecule has 1 fully saturated rings. The van der Waals surface area contributed by atoms with Gasteiger partial charge in [0.15, 0.2) is 9.84 Å². The number of hydrogen-bond donors (Lipinski definition) is 1. The molecule has 2 unspecified atom stereocenters. The highest BCUT2D eigenvalue weighted by Crippen LogP contribution is 2.32. The molecular weight excluding hydrogens is 222 g/mol. The SMILES string of the molecule is NC1CC1S(=O)(=O)c1ccc(Cl)cc1. The molecule has 2 atom stereocenters. The second-order valence-electron chi connectivity index (χ2n) is 3.44. The van der Waals surface area contributed by atoms with Crippen molar-refractivity contribution >= 4 is 21.4 Å². The maximum Gasteiger partial charge on any atom is 0.182 e. The van der Waals surface area contributed by atoms with E-state index in [0.717, 1.165) is 0 Å². The van der Waals surface area contributed by atoms with Crippen molar-refractivity contribution in [1.82, 2.24) is 0 Å². The molecule has 1 saturated carbocycles. The first-order valence-corrected chi connectivity index (χ1v) is 6.19. The predicted octanol–water partition coefficient (Wildman–Crippen LogP) is 1.21. The molecule has 2 N–H and O–H groups in total. The van der Waals surface area contributed by atoms with Gasteiger partial charge in [-0.3, -0.25) is 0 Å². The van der Waals surface area contributed by atoms with E-state index in [1.165, 1.54) is 12.1 Å². The Kier molecular flexibility index (Phi) is 2.29. The molecule has 0 bridgehead atoms. The van der Waals surface area contributed by atoms with Crippen LogP contribution in [0.5, 0.6) is 0 Å². The van der Waals surface area contributed by atoms with Crippen molar-refractivity contribution in [3.8, 4) is 0 Å². The zero-order chi connectivity index (χ0) is 10.3. The highest BCUT2D eigenvalue weighted by Gasteiger charge is 2.45. The van der Waals surface area contributed by atoms with Gasteiger partial charge < -0.3 is 5.73 Å². The van der Waals surface area contributed by atoms with E-state index in [0.29, 0.717) is 16.3 Å². The Labute approximate surface area is 87.8 Å². The quantitative estimate of drug-likeness (QED) is 0.833. The van der Waals surface area contributed by atoms with Crippen LogP contribution in [0.15, 0.2) is 29.2 Å². The van der Waals surface area contributed by atoms with Gasteiger partial charge in [0, 0.05) is 11.1 Å². The van der Waals surface area contributed by atoms with Gasteiger partial charge in [-0.2, -0.15) is 0 Å². The first-order valence-electron chi connectivity index (χ1n) is 4.27. The van der Waals surface area contributed by atoms with E-state index in [-0.39, 0.29) is 6.04 Å². The van der Waals surface area contributed by atoms with Crippen LogP contribution >= 0.6 is 11.6 Å². The van der Waals surface area contributed by atoms with Crippen LogP contribution in [0.3, 0.4) is 0 Å². The number of halogens is 1. The predicted molar refractivity (Wildman–Crippen MR) is 55.0 cm³/mol. The molecule has 3 nitrogen and oxygen atoms in total. The lowest BCUT2D eigenvalue weighted by molar-refractivity contribution is 0.594. The molecule has 1 aromatic carbocycles. The molecule has 1 aliphatic rings. The van der Waals surface area contributed by atoms with Crippen LogP contribution in [-0.2, 0) is 9.84 Å². The molecule has 14 heavy (non-hydrogen) atoms. The fraction of sp³-hybridized carbons (Fsp3) is 0.333. The number of rotatable bonds is 2. The highest BCUT2D eigenvalue weighted by atomic mass is 35.5. The maximum atomic E-state index is 11.8. The van der Waals surface area contributed by atoms with Gasteiger partial charge in [0.1, 0.15) is 0 Å². The van der Waals surface area contributed by atoms with Crippen LogP contribution < -0.4 is 5.73 Å². The minimum atomic E-state index is -3.22. The molecule has 0 heterocycles. The zero-order valence-electron chi connectivity index (χ0n) is 7.35. The van der Waals surface area contributed by atoms with Crippen molar-refractivity contribution in [2.45, 2.75) is 22.6 Å². The maximum absolute atomic E-state index is 11.8. The van der Waals surface area contributed by atoms with Gasteiger partial charge in [0.05, 0.1) is 10.1 Å². The van der Waals surface area contributed by atoms with Crippen LogP contribution in [0.25, 0.3) is 0 Å². The lowest BCUT2D eigenvalue weighted by Gasteiger charge is -2.02. The monoisotopic (exact) mass is 231 g/mol. The molecular formula is C9H10ClNO2S. The number of benzene rings is 1. The number of hydrogen-bond acceptors (Lipinski definition) is 3. The summed E-state index contributed by atoms with van der Waals surface area (Å²) >= 11 is 5.67. The summed E-state index contributed by atoms with van der Waals surface area (Å²) in [6.07, 6.45) is 0.560. The van der Waals surface area contributed by atoms with Crippen molar-refractivity contribution < 1.29 is 8.42 Å². The molecule has 5 heteroatoms. The molecule has 0 saturated heterocycles. The van der Waals surface area contributed by atoms with E-state index in [1.54, 1.807) is 12.1 Å². The molecule has 0 aliphatic heterocycles. The summed E-state index contributed by atoms with van der Waals surface area (Å²) in [7, 11) is -3.22. The largest absolute Gasteiger partial charge is 0.326 e. The molecule has 0 radical (unpaired) electrons. The standard InChI is InChI=1S/C9H10ClNO2S/c10-6-1-3-7(4-2-6)14(12,13)9-5-8(9)11/h1-4,8-9H,5,11H2. The zero-order valence-corrected chi connectivity index (χ0v) is 8.92. The number of sulfone groups is 1. The Balaban J connectivity index is 2.35. The van der Waals surface area contributed by atoms with Crippen LogP contribution in [0.2, 0.25) is 5.02 Å². The van der Waals surface area contributed by atoms with E-state index < -0.39 is 15.1 Å². The van der Waals surface area contributed by atoms with E-state index >= 15 is 0 Å². The van der Waals surface area contributed by atoms with Gasteiger partial charge in [-0.1, -0.05) is 11.6 Å². The molecule has 76 valence electrons. The van der Waals surface area contributed by atoms with Gasteiger partial charge in [0.2, 0.25) is 0 Å². The summed E-state index contributed by atoms with van der Waals surface area (Å²) in [4.78, 5) is 0.305. The van der Waals surface area contributed by atoms with Crippen LogP contribution in [-0.4, -0.2) is 19.7 Å². The Morgan fingerprint density at radius 3 is 2.21 bits per heavy atom. The summed E-state index contributed by atoms with van der Waals surface area (Å²) in [5, 5.41) is 0.132. The molecule has 1 aliphatic carbocycles. The number of nitrogens with two attached hydrogens (primary N) is 1. The van der Waals surface area contributed by atoms with Crippen molar-refractivity contribution in [1.29, 1.82) is 0 Å². The third-order valence-electron chi connectivity index (χ3n) is 2.32. The second-order valence-corrected chi connectivity index (χ2v) is 6.04. The molecule has 1 aromatic rings. The third kappa shape index (κ3) is 1.65. The third-order valence-corrected chi connectivity index (χ3v) is 4.84. The lowest BCUT2D eigenvalue weighted by atomic mass is 10.4. The van der Waals surface area contributed by atoms with Crippen molar-refractivity contribution in [2.24, 2.45) is 5.73 Å². The Morgan fingerprint density at radius 2 is 1.79 bits per heavy atom. The van der Waals surface area contributed by atoms with Gasteiger partial charge >= 0.3 is 0 Å². The van der Waals surface area contributed by atoms with E-state index in [4.69, 9.17) is 17.3 Å². The van der Waals surface area contributed by atoms with Crippen LogP contribution in [0.4, 0.5) is 0 Å². The highest BCUT2D eigenvalue weighted by molar-refractivity contribution is 7.92. The average Bonchev–Trinajstić information content (AvgIpc) is 2.84. The lowest BCUT2D eigenvalue weighted by Crippen LogP contribution is -2.15. The molecule has 0 amide bonds. The van der Waals surface area contributed by atoms with Crippen LogP contribution in [0, 0.1) is 0 Å². The Hall–Kier alpha value is -0.580. The first kappa shape index (κ1) is 9.96. The normalized spacial score (nSPS) is 26.1. The minimum Gasteiger partial charge on any atom is -0.326 e. The van der Waals surface area contributed by atoms with Gasteiger partial charge in [0.25, 0.3) is 0 Å². The van der Waals surface area contributed by atoms with Crippen molar-refractivity contribution in [3.63, 3.8) is 0 Å². The van der Waals surface area contributed by atoms with Gasteiger partial charge in [-0.15, -0.1) is 0 Å². The minimum absolute atomic E-state index is 0.198. The average molecular weight is 232 g/mol. The first-order chi connectivity index (χ1) is 6.51. The topological polar surface area (TPSA) is 60.2 Å². The van der Waals surface area contributed by atoms with Gasteiger partial charge in [-0.25, -0.2) is 8.42 Å². The van der Waals surface area contributed by atoms with E-state index in [2.05, 4.69) is 0 Å². The molecule has 2 rings (SSSR count). The fourth-order valence-electron chi connectivity index (χ4n) is 1.35. The summed E-state index contributed by atoms with van der Waals surface area (Å²) in [5.74, 6) is 0. The summed E-state index contributed by atoms with van der Waals surface area (Å²) < 4.78 is 23.6. The smallest absolute Gasteiger partial charge is 0.182 e. The Morgan fingerprint density at radius 1 is 1.29 bits per heavy atom. The van der Waals surface area contributed by atoms with E-state index in [9.17, 15) is 8.42 Å². The van der Waals surface area contributed by atoms with E-state index in [1.807, 2.05) is 0 Å². The Bertz CT molecular complexity index is 440. The van der Waals surface area contributed by atoms with Gasteiger partial charge in [-0.05, 0) is 30.7 Å². The van der Waals surface area contributed by atoms with Crippen LogP contribution in [0.1, 0.15) is 6.42 Å². The second kappa shape index (κ2) is 3.22. The van der Waals surface area contributed by atoms with Crippen molar-refractivity contribution in [3.05, 3.63) is 29.3 Å². The summed E-state index contributed by atoms with van der Waals surface area (Å²) in [6.45, 7) is 0. The molecule has 0 spiro atoms. The molecule has 0 aromatic heterocycles. The summed E-state index contributed by atoms with van der Waals surface area (Å²) in [6, 6.07) is 5.98. The van der Waals surface area contributed by atoms with Crippen molar-refractivity contribution in [2.75, 3.05) is 0 Å². The summed E-state index contributed by atoms with van der Waals surface area (Å²) in [5.41, 5.74) is 5.51.